The number of hydrazone groups is 1. The van der Waals surface area contributed by atoms with Gasteiger partial charge in [0.1, 0.15) is 19.0 Å². The second-order valence-corrected chi connectivity index (χ2v) is 7.96. The Morgan fingerprint density at radius 3 is 2.53 bits per heavy atom. The van der Waals surface area contributed by atoms with Gasteiger partial charge in [-0.1, -0.05) is 12.7 Å². The van der Waals surface area contributed by atoms with Crippen molar-refractivity contribution in [2.45, 2.75) is 0 Å². The summed E-state index contributed by atoms with van der Waals surface area (Å²) in [6.45, 7) is 3.39. The van der Waals surface area contributed by atoms with E-state index in [9.17, 15) is 17.6 Å². The van der Waals surface area contributed by atoms with E-state index in [1.807, 2.05) is 0 Å². The molecule has 0 atom stereocenters. The van der Waals surface area contributed by atoms with Crippen molar-refractivity contribution in [2.75, 3.05) is 30.8 Å². The number of methoxy groups -OCH3 is 1. The van der Waals surface area contributed by atoms with Crippen LogP contribution in [-0.4, -0.2) is 47.1 Å². The number of rotatable bonds is 10. The zero-order chi connectivity index (χ0) is 22.1. The Hall–Kier alpha value is -3.40. The first-order valence-electron chi connectivity index (χ1n) is 8.71. The molecule has 8 nitrogen and oxygen atoms in total. The molecule has 0 aliphatic carbocycles. The number of sulfonamides is 1. The highest BCUT2D eigenvalue weighted by Crippen LogP contribution is 2.27. The van der Waals surface area contributed by atoms with Crippen LogP contribution in [0.25, 0.3) is 0 Å². The van der Waals surface area contributed by atoms with Gasteiger partial charge in [0.15, 0.2) is 11.5 Å². The van der Waals surface area contributed by atoms with E-state index in [0.717, 1.165) is 22.7 Å². The number of nitrogens with one attached hydrogen (secondary N) is 1. The lowest BCUT2D eigenvalue weighted by Crippen LogP contribution is -2.39. The minimum Gasteiger partial charge on any atom is -0.493 e. The summed E-state index contributed by atoms with van der Waals surface area (Å²) >= 11 is 0. The minimum atomic E-state index is -3.76. The Morgan fingerprint density at radius 1 is 1.23 bits per heavy atom. The summed E-state index contributed by atoms with van der Waals surface area (Å²) in [7, 11) is -2.27. The van der Waals surface area contributed by atoms with Crippen molar-refractivity contribution in [1.82, 2.24) is 5.43 Å². The lowest BCUT2D eigenvalue weighted by Gasteiger charge is -2.21. The van der Waals surface area contributed by atoms with Gasteiger partial charge in [-0.2, -0.15) is 5.10 Å². The van der Waals surface area contributed by atoms with Crippen LogP contribution in [0.5, 0.6) is 11.5 Å². The molecular formula is C20H22FN3O5S. The number of carbonyl (C=O) groups is 1. The monoisotopic (exact) mass is 435 g/mol. The van der Waals surface area contributed by atoms with Crippen LogP contribution in [0, 0.1) is 5.82 Å². The second-order valence-electron chi connectivity index (χ2n) is 6.05. The third-order valence-electron chi connectivity index (χ3n) is 3.75. The lowest BCUT2D eigenvalue weighted by atomic mass is 10.2. The molecule has 2 aromatic rings. The van der Waals surface area contributed by atoms with E-state index in [0.29, 0.717) is 23.7 Å². The number of benzene rings is 2. The van der Waals surface area contributed by atoms with Crippen LogP contribution < -0.4 is 19.2 Å². The van der Waals surface area contributed by atoms with Crippen molar-refractivity contribution in [3.8, 4) is 11.5 Å². The fourth-order valence-electron chi connectivity index (χ4n) is 2.38. The number of amides is 1. The molecule has 1 N–H and O–H groups in total. The molecule has 0 radical (unpaired) electrons. The maximum absolute atomic E-state index is 13.1. The standard InChI is InChI=1S/C20H22FN3O5S/c1-4-11-29-18-10-5-15(12-19(18)28-2)13-22-23-20(25)14-24(30(3,26)27)17-8-6-16(21)7-9-17/h4-10,12-13H,1,11,14H2,2-3H3,(H,23,25)/b22-13-. The first kappa shape index (κ1) is 22.9. The van der Waals surface area contributed by atoms with E-state index in [1.54, 1.807) is 24.3 Å². The van der Waals surface area contributed by atoms with Crippen LogP contribution in [0.2, 0.25) is 0 Å². The molecule has 0 heterocycles. The summed E-state index contributed by atoms with van der Waals surface area (Å²) in [6.07, 6.45) is 3.94. The largest absolute Gasteiger partial charge is 0.493 e. The molecule has 0 unspecified atom stereocenters. The first-order chi connectivity index (χ1) is 14.2. The van der Waals surface area contributed by atoms with E-state index in [2.05, 4.69) is 17.1 Å². The predicted molar refractivity (Wildman–Crippen MR) is 113 cm³/mol. The smallest absolute Gasteiger partial charge is 0.260 e. The molecule has 10 heteroatoms. The molecule has 0 aromatic heterocycles. The van der Waals surface area contributed by atoms with Crippen LogP contribution in [0.3, 0.4) is 0 Å². The number of hydrogen-bond acceptors (Lipinski definition) is 6. The van der Waals surface area contributed by atoms with Gasteiger partial charge >= 0.3 is 0 Å². The maximum Gasteiger partial charge on any atom is 0.260 e. The molecule has 2 rings (SSSR count). The average Bonchev–Trinajstić information content (AvgIpc) is 2.71. The van der Waals surface area contributed by atoms with Crippen LogP contribution in [0.15, 0.2) is 60.2 Å². The van der Waals surface area contributed by atoms with E-state index < -0.39 is 28.3 Å². The highest BCUT2D eigenvalue weighted by Gasteiger charge is 2.20. The average molecular weight is 435 g/mol. The Bertz CT molecular complexity index is 1020. The van der Waals surface area contributed by atoms with E-state index >= 15 is 0 Å². The number of halogens is 1. The highest BCUT2D eigenvalue weighted by molar-refractivity contribution is 7.92. The number of carbonyl (C=O) groups excluding carboxylic acids is 1. The third-order valence-corrected chi connectivity index (χ3v) is 4.89. The van der Waals surface area contributed by atoms with Gasteiger partial charge in [0.2, 0.25) is 10.0 Å². The van der Waals surface area contributed by atoms with Gasteiger partial charge in [0.25, 0.3) is 5.91 Å². The summed E-state index contributed by atoms with van der Waals surface area (Å²) in [5, 5.41) is 3.83. The van der Waals surface area contributed by atoms with Crippen molar-refractivity contribution in [1.29, 1.82) is 0 Å². The zero-order valence-electron chi connectivity index (χ0n) is 16.5. The molecule has 2 aromatic carbocycles. The molecule has 1 amide bonds. The Morgan fingerprint density at radius 2 is 1.93 bits per heavy atom. The summed E-state index contributed by atoms with van der Waals surface area (Å²) in [4.78, 5) is 12.2. The molecule has 30 heavy (non-hydrogen) atoms. The topological polar surface area (TPSA) is 97.3 Å². The summed E-state index contributed by atoms with van der Waals surface area (Å²) in [5.41, 5.74) is 3.05. The second kappa shape index (κ2) is 10.4. The molecular weight excluding hydrogens is 413 g/mol. The van der Waals surface area contributed by atoms with Crippen molar-refractivity contribution >= 4 is 27.8 Å². The van der Waals surface area contributed by atoms with Crippen LogP contribution in [-0.2, 0) is 14.8 Å². The summed E-state index contributed by atoms with van der Waals surface area (Å²) < 4.78 is 48.7. The highest BCUT2D eigenvalue weighted by atomic mass is 32.2. The Kier molecular flexibility index (Phi) is 7.93. The van der Waals surface area contributed by atoms with Crippen molar-refractivity contribution in [3.05, 3.63) is 66.5 Å². The zero-order valence-corrected chi connectivity index (χ0v) is 17.4. The SMILES string of the molecule is C=CCOc1ccc(/C=N\NC(=O)CN(c2ccc(F)cc2)S(C)(=O)=O)cc1OC. The van der Waals surface area contributed by atoms with E-state index in [4.69, 9.17) is 9.47 Å². The van der Waals surface area contributed by atoms with Crippen LogP contribution in [0.1, 0.15) is 5.56 Å². The molecule has 160 valence electrons. The Balaban J connectivity index is 2.05. The third kappa shape index (κ3) is 6.59. The van der Waals surface area contributed by atoms with Gasteiger partial charge < -0.3 is 9.47 Å². The number of nitrogens with zero attached hydrogens (tertiary/aromatic N) is 2. The molecule has 0 bridgehead atoms. The molecule has 0 saturated heterocycles. The molecule has 0 aliphatic heterocycles. The fourth-order valence-corrected chi connectivity index (χ4v) is 3.24. The minimum absolute atomic E-state index is 0.165. The van der Waals surface area contributed by atoms with Gasteiger partial charge in [-0.25, -0.2) is 18.2 Å². The van der Waals surface area contributed by atoms with E-state index in [-0.39, 0.29) is 5.69 Å². The molecule has 0 saturated carbocycles. The van der Waals surface area contributed by atoms with Gasteiger partial charge in [-0.05, 0) is 48.0 Å². The number of hydrogen-bond donors (Lipinski definition) is 1. The summed E-state index contributed by atoms with van der Waals surface area (Å²) in [6, 6.07) is 9.82. The lowest BCUT2D eigenvalue weighted by molar-refractivity contribution is -0.119. The first-order valence-corrected chi connectivity index (χ1v) is 10.6. The number of ether oxygens (including phenoxy) is 2. The van der Waals surface area contributed by atoms with Gasteiger partial charge in [0, 0.05) is 0 Å². The van der Waals surface area contributed by atoms with Crippen LogP contribution in [0.4, 0.5) is 10.1 Å². The quantitative estimate of drug-likeness (QED) is 0.351. The summed E-state index contributed by atoms with van der Waals surface area (Å²) in [5.74, 6) is -0.176. The van der Waals surface area contributed by atoms with Crippen LogP contribution >= 0.6 is 0 Å². The number of anilines is 1. The molecule has 0 aliphatic rings. The Labute approximate surface area is 174 Å². The fraction of sp³-hybridized carbons (Fsp3) is 0.200. The van der Waals surface area contributed by atoms with E-state index in [1.165, 1.54) is 25.5 Å². The molecule has 0 spiro atoms. The van der Waals surface area contributed by atoms with Crippen molar-refractivity contribution < 1.29 is 27.1 Å². The predicted octanol–water partition coefficient (Wildman–Crippen LogP) is 2.32. The normalized spacial score (nSPS) is 11.2. The van der Waals surface area contributed by atoms with Crippen molar-refractivity contribution in [3.63, 3.8) is 0 Å². The van der Waals surface area contributed by atoms with Gasteiger partial charge in [-0.15, -0.1) is 0 Å². The van der Waals surface area contributed by atoms with Gasteiger partial charge in [-0.3, -0.25) is 9.10 Å². The van der Waals surface area contributed by atoms with Gasteiger partial charge in [0.05, 0.1) is 25.3 Å². The molecule has 0 fully saturated rings. The maximum atomic E-state index is 13.1. The van der Waals surface area contributed by atoms with Crippen molar-refractivity contribution in [2.24, 2.45) is 5.10 Å².